The molecule has 0 unspecified atom stereocenters. The lowest BCUT2D eigenvalue weighted by Gasteiger charge is -2.34. The quantitative estimate of drug-likeness (QED) is 0.780. The van der Waals surface area contributed by atoms with E-state index in [0.29, 0.717) is 24.2 Å². The average molecular weight is 410 g/mol. The number of carbonyl (C=O) groups excluding carboxylic acids is 1. The van der Waals surface area contributed by atoms with Crippen LogP contribution in [0.25, 0.3) is 0 Å². The molecular weight excluding hydrogens is 386 g/mol. The van der Waals surface area contributed by atoms with E-state index in [1.54, 1.807) is 4.90 Å². The molecule has 0 aromatic heterocycles. The van der Waals surface area contributed by atoms with Crippen LogP contribution in [0.2, 0.25) is 0 Å². The first-order valence-corrected chi connectivity index (χ1v) is 11.3. The molecule has 0 bridgehead atoms. The number of rotatable bonds is 3. The number of piperazine rings is 1. The minimum Gasteiger partial charge on any atom is -0.336 e. The van der Waals surface area contributed by atoms with Gasteiger partial charge in [-0.3, -0.25) is 4.79 Å². The second kappa shape index (κ2) is 7.97. The summed E-state index contributed by atoms with van der Waals surface area (Å²) >= 11 is 0. The van der Waals surface area contributed by atoms with E-state index in [1.807, 2.05) is 18.2 Å². The maximum absolute atomic E-state index is 12.9. The molecule has 0 N–H and O–H groups in total. The number of hydrogen-bond donors (Lipinski definition) is 0. The summed E-state index contributed by atoms with van der Waals surface area (Å²) in [4.78, 5) is 14.8. The Morgan fingerprint density at radius 3 is 2.21 bits per heavy atom. The Hall–Kier alpha value is -2.69. The summed E-state index contributed by atoms with van der Waals surface area (Å²) in [5.74, 6) is -0.0335. The molecule has 1 saturated heterocycles. The van der Waals surface area contributed by atoms with Gasteiger partial charge in [-0.25, -0.2) is 8.42 Å². The molecule has 0 saturated carbocycles. The topological polar surface area (TPSA) is 81.5 Å². The minimum absolute atomic E-state index is 0.0335. The van der Waals surface area contributed by atoms with E-state index in [4.69, 9.17) is 5.26 Å². The molecule has 1 aliphatic carbocycles. The predicted octanol–water partition coefficient (Wildman–Crippen LogP) is 2.58. The van der Waals surface area contributed by atoms with Crippen molar-refractivity contribution >= 4 is 15.9 Å². The predicted molar refractivity (Wildman–Crippen MR) is 109 cm³/mol. The van der Waals surface area contributed by atoms with Crippen LogP contribution in [0.4, 0.5) is 0 Å². The summed E-state index contributed by atoms with van der Waals surface area (Å²) < 4.78 is 27.1. The van der Waals surface area contributed by atoms with E-state index in [9.17, 15) is 13.2 Å². The summed E-state index contributed by atoms with van der Waals surface area (Å²) in [7, 11) is -3.63. The summed E-state index contributed by atoms with van der Waals surface area (Å²) in [5.41, 5.74) is 3.72. The standard InChI is InChI=1S/C22H23N3O3S/c23-16-17-5-9-21(10-6-17)29(27,28)25-13-11-24(12-14-25)22(26)20-8-7-18-3-1-2-4-19(18)15-20/h5-10,15H,1-4,11-14H2. The first kappa shape index (κ1) is 19.6. The lowest BCUT2D eigenvalue weighted by atomic mass is 9.90. The van der Waals surface area contributed by atoms with Crippen LogP contribution >= 0.6 is 0 Å². The summed E-state index contributed by atoms with van der Waals surface area (Å²) in [5, 5.41) is 8.87. The summed E-state index contributed by atoms with van der Waals surface area (Å²) in [6.07, 6.45) is 4.47. The lowest BCUT2D eigenvalue weighted by Crippen LogP contribution is -2.50. The van der Waals surface area contributed by atoms with Gasteiger partial charge in [-0.15, -0.1) is 0 Å². The van der Waals surface area contributed by atoms with Crippen LogP contribution in [0.3, 0.4) is 0 Å². The second-order valence-electron chi connectivity index (χ2n) is 7.52. The molecule has 0 spiro atoms. The van der Waals surface area contributed by atoms with Gasteiger partial charge in [-0.05, 0) is 73.2 Å². The van der Waals surface area contributed by atoms with Crippen molar-refractivity contribution in [1.82, 2.24) is 9.21 Å². The molecule has 2 aromatic rings. The van der Waals surface area contributed by atoms with Crippen LogP contribution < -0.4 is 0 Å². The molecular formula is C22H23N3O3S. The van der Waals surface area contributed by atoms with Gasteiger partial charge in [0, 0.05) is 31.7 Å². The Labute approximate surface area is 171 Å². The summed E-state index contributed by atoms with van der Waals surface area (Å²) in [6, 6.07) is 13.9. The van der Waals surface area contributed by atoms with Crippen LogP contribution in [0.15, 0.2) is 47.4 Å². The van der Waals surface area contributed by atoms with Crippen molar-refractivity contribution in [2.24, 2.45) is 0 Å². The van der Waals surface area contributed by atoms with Gasteiger partial charge in [-0.2, -0.15) is 9.57 Å². The first-order valence-electron chi connectivity index (χ1n) is 9.90. The molecule has 2 aromatic carbocycles. The number of carbonyl (C=O) groups is 1. The zero-order valence-corrected chi connectivity index (χ0v) is 17.0. The minimum atomic E-state index is -3.63. The number of hydrogen-bond acceptors (Lipinski definition) is 4. The highest BCUT2D eigenvalue weighted by Crippen LogP contribution is 2.24. The van der Waals surface area contributed by atoms with Crippen molar-refractivity contribution in [3.63, 3.8) is 0 Å². The van der Waals surface area contributed by atoms with Gasteiger partial charge in [0.15, 0.2) is 0 Å². The van der Waals surface area contributed by atoms with Crippen LogP contribution in [-0.4, -0.2) is 49.7 Å². The molecule has 29 heavy (non-hydrogen) atoms. The fraction of sp³-hybridized carbons (Fsp3) is 0.364. The Morgan fingerprint density at radius 2 is 1.55 bits per heavy atom. The van der Waals surface area contributed by atoms with E-state index >= 15 is 0 Å². The van der Waals surface area contributed by atoms with Crippen molar-refractivity contribution < 1.29 is 13.2 Å². The number of fused-ring (bicyclic) bond motifs is 1. The fourth-order valence-corrected chi connectivity index (χ4v) is 5.45. The smallest absolute Gasteiger partial charge is 0.253 e. The third-order valence-electron chi connectivity index (χ3n) is 5.74. The zero-order valence-electron chi connectivity index (χ0n) is 16.2. The highest BCUT2D eigenvalue weighted by atomic mass is 32.2. The molecule has 1 fully saturated rings. The van der Waals surface area contributed by atoms with Gasteiger partial charge in [0.25, 0.3) is 5.91 Å². The molecule has 7 heteroatoms. The molecule has 4 rings (SSSR count). The molecule has 150 valence electrons. The summed E-state index contributed by atoms with van der Waals surface area (Å²) in [6.45, 7) is 1.26. The molecule has 1 aliphatic heterocycles. The monoisotopic (exact) mass is 409 g/mol. The Morgan fingerprint density at radius 1 is 0.897 bits per heavy atom. The number of nitrogens with zero attached hydrogens (tertiary/aromatic N) is 3. The Kier molecular flexibility index (Phi) is 5.39. The van der Waals surface area contributed by atoms with Gasteiger partial charge in [0.2, 0.25) is 10.0 Å². The number of sulfonamides is 1. The van der Waals surface area contributed by atoms with Gasteiger partial charge in [0.05, 0.1) is 16.5 Å². The Bertz CT molecular complexity index is 1060. The maximum Gasteiger partial charge on any atom is 0.253 e. The van der Waals surface area contributed by atoms with E-state index in [0.717, 1.165) is 19.3 Å². The third-order valence-corrected chi connectivity index (χ3v) is 7.66. The number of nitriles is 1. The van der Waals surface area contributed by atoms with Crippen molar-refractivity contribution in [2.45, 2.75) is 30.6 Å². The second-order valence-corrected chi connectivity index (χ2v) is 9.46. The van der Waals surface area contributed by atoms with Crippen molar-refractivity contribution in [3.8, 4) is 6.07 Å². The molecule has 1 heterocycles. The van der Waals surface area contributed by atoms with E-state index in [1.165, 1.54) is 46.1 Å². The number of amides is 1. The van der Waals surface area contributed by atoms with Gasteiger partial charge in [0.1, 0.15) is 0 Å². The molecule has 6 nitrogen and oxygen atoms in total. The van der Waals surface area contributed by atoms with E-state index in [-0.39, 0.29) is 23.9 Å². The fourth-order valence-electron chi connectivity index (χ4n) is 4.03. The van der Waals surface area contributed by atoms with E-state index < -0.39 is 10.0 Å². The van der Waals surface area contributed by atoms with Gasteiger partial charge >= 0.3 is 0 Å². The molecule has 0 radical (unpaired) electrons. The number of benzene rings is 2. The lowest BCUT2D eigenvalue weighted by molar-refractivity contribution is 0.0697. The highest BCUT2D eigenvalue weighted by Gasteiger charge is 2.30. The molecule has 2 aliphatic rings. The van der Waals surface area contributed by atoms with Crippen LogP contribution in [-0.2, 0) is 22.9 Å². The molecule has 0 atom stereocenters. The van der Waals surface area contributed by atoms with Crippen LogP contribution in [0, 0.1) is 11.3 Å². The normalized spacial score (nSPS) is 17.4. The molecule has 1 amide bonds. The first-order chi connectivity index (χ1) is 14.0. The zero-order chi connectivity index (χ0) is 20.4. The number of aryl methyl sites for hydroxylation is 2. The average Bonchev–Trinajstić information content (AvgIpc) is 2.78. The maximum atomic E-state index is 12.9. The van der Waals surface area contributed by atoms with Gasteiger partial charge in [-0.1, -0.05) is 6.07 Å². The third kappa shape index (κ3) is 3.91. The SMILES string of the molecule is N#Cc1ccc(S(=O)(=O)N2CCN(C(=O)c3ccc4c(c3)CCCC4)CC2)cc1. The van der Waals surface area contributed by atoms with Crippen molar-refractivity contribution in [2.75, 3.05) is 26.2 Å². The van der Waals surface area contributed by atoms with Gasteiger partial charge < -0.3 is 4.90 Å². The highest BCUT2D eigenvalue weighted by molar-refractivity contribution is 7.89. The Balaban J connectivity index is 1.43. The van der Waals surface area contributed by atoms with Crippen molar-refractivity contribution in [1.29, 1.82) is 5.26 Å². The van der Waals surface area contributed by atoms with E-state index in [2.05, 4.69) is 6.07 Å². The largest absolute Gasteiger partial charge is 0.336 e. The van der Waals surface area contributed by atoms with Crippen LogP contribution in [0.5, 0.6) is 0 Å². The van der Waals surface area contributed by atoms with Crippen LogP contribution in [0.1, 0.15) is 39.9 Å². The van der Waals surface area contributed by atoms with Crippen molar-refractivity contribution in [3.05, 3.63) is 64.7 Å².